The van der Waals surface area contributed by atoms with Gasteiger partial charge in [0.05, 0.1) is 18.3 Å². The van der Waals surface area contributed by atoms with Crippen molar-refractivity contribution in [1.29, 1.82) is 0 Å². The molecule has 0 unspecified atom stereocenters. The molecule has 2 aromatic rings. The summed E-state index contributed by atoms with van der Waals surface area (Å²) in [6.07, 6.45) is 0. The van der Waals surface area contributed by atoms with Crippen molar-refractivity contribution in [3.8, 4) is 5.75 Å². The molecule has 1 saturated heterocycles. The number of rotatable bonds is 6. The lowest BCUT2D eigenvalue weighted by molar-refractivity contribution is -0.128. The number of carbonyl (C=O) groups excluding carboxylic acids is 2. The van der Waals surface area contributed by atoms with E-state index < -0.39 is 41.6 Å². The van der Waals surface area contributed by atoms with Crippen molar-refractivity contribution in [2.45, 2.75) is 13.0 Å². The lowest BCUT2D eigenvalue weighted by Gasteiger charge is -2.38. The van der Waals surface area contributed by atoms with Crippen molar-refractivity contribution in [2.75, 3.05) is 42.9 Å². The van der Waals surface area contributed by atoms with Crippen LogP contribution in [0.3, 0.4) is 0 Å². The van der Waals surface area contributed by atoms with Gasteiger partial charge in [0.1, 0.15) is 5.75 Å². The van der Waals surface area contributed by atoms with Gasteiger partial charge in [0.2, 0.25) is 11.8 Å². The summed E-state index contributed by atoms with van der Waals surface area (Å²) in [7, 11) is 0. The molecule has 2 amide bonds. The molecular formula is C21H23F3N4O3. The van der Waals surface area contributed by atoms with Gasteiger partial charge in [0.25, 0.3) is 0 Å². The standard InChI is InChI=1S/C21H23F3N4O3/c1-13(27-8-10-28(11-9-27)14-2-4-15(29)5-3-14)21(31)25-12-18(30)26-17-7-6-16(22)19(23)20(17)24/h2-7,13,29H,8-12H2,1H3,(H,25,31)(H,26,30)/t13-/m0/s1. The molecule has 3 rings (SSSR count). The maximum absolute atomic E-state index is 13.6. The molecule has 0 aromatic heterocycles. The highest BCUT2D eigenvalue weighted by molar-refractivity contribution is 5.95. The molecule has 0 aliphatic carbocycles. The van der Waals surface area contributed by atoms with Gasteiger partial charge < -0.3 is 20.6 Å². The number of piperazine rings is 1. The summed E-state index contributed by atoms with van der Waals surface area (Å²) < 4.78 is 39.8. The Labute approximate surface area is 177 Å². The average Bonchev–Trinajstić information content (AvgIpc) is 2.78. The van der Waals surface area contributed by atoms with Crippen LogP contribution in [-0.4, -0.2) is 60.6 Å². The molecule has 2 aromatic carbocycles. The minimum atomic E-state index is -1.68. The molecule has 7 nitrogen and oxygen atoms in total. The largest absolute Gasteiger partial charge is 0.508 e. The van der Waals surface area contributed by atoms with Crippen molar-refractivity contribution in [3.63, 3.8) is 0 Å². The van der Waals surface area contributed by atoms with E-state index in [1.807, 2.05) is 17.0 Å². The van der Waals surface area contributed by atoms with Crippen LogP contribution in [0.2, 0.25) is 0 Å². The Morgan fingerprint density at radius 3 is 2.29 bits per heavy atom. The van der Waals surface area contributed by atoms with E-state index in [1.54, 1.807) is 19.1 Å². The molecule has 0 radical (unpaired) electrons. The zero-order valence-corrected chi connectivity index (χ0v) is 16.9. The van der Waals surface area contributed by atoms with Crippen LogP contribution in [0.4, 0.5) is 24.5 Å². The molecule has 0 bridgehead atoms. The second-order valence-electron chi connectivity index (χ2n) is 7.20. The Kier molecular flexibility index (Phi) is 7.01. The summed E-state index contributed by atoms with van der Waals surface area (Å²) in [5.74, 6) is -5.48. The van der Waals surface area contributed by atoms with Crippen molar-refractivity contribution in [3.05, 3.63) is 53.8 Å². The summed E-state index contributed by atoms with van der Waals surface area (Å²) >= 11 is 0. The average molecular weight is 436 g/mol. The van der Waals surface area contributed by atoms with E-state index in [-0.39, 0.29) is 11.7 Å². The third kappa shape index (κ3) is 5.46. The first-order chi connectivity index (χ1) is 14.8. The smallest absolute Gasteiger partial charge is 0.243 e. The first kappa shape index (κ1) is 22.4. The second-order valence-corrected chi connectivity index (χ2v) is 7.20. The van der Waals surface area contributed by atoms with Crippen LogP contribution < -0.4 is 15.5 Å². The van der Waals surface area contributed by atoms with Gasteiger partial charge in [0, 0.05) is 31.9 Å². The molecule has 31 heavy (non-hydrogen) atoms. The normalized spacial score (nSPS) is 15.4. The predicted octanol–water partition coefficient (Wildman–Crippen LogP) is 2.07. The zero-order chi connectivity index (χ0) is 22.5. The fourth-order valence-electron chi connectivity index (χ4n) is 3.33. The molecule has 10 heteroatoms. The summed E-state index contributed by atoms with van der Waals surface area (Å²) in [5.41, 5.74) is 0.479. The molecule has 0 spiro atoms. The topological polar surface area (TPSA) is 84.9 Å². The molecule has 0 saturated carbocycles. The SMILES string of the molecule is C[C@@H](C(=O)NCC(=O)Nc1ccc(F)c(F)c1F)N1CCN(c2ccc(O)cc2)CC1. The van der Waals surface area contributed by atoms with Crippen molar-refractivity contribution >= 4 is 23.2 Å². The highest BCUT2D eigenvalue weighted by Crippen LogP contribution is 2.21. The Morgan fingerprint density at radius 2 is 1.65 bits per heavy atom. The molecule has 1 fully saturated rings. The monoisotopic (exact) mass is 436 g/mol. The third-order valence-electron chi connectivity index (χ3n) is 5.19. The minimum Gasteiger partial charge on any atom is -0.508 e. The van der Waals surface area contributed by atoms with Crippen LogP contribution in [0.25, 0.3) is 0 Å². The van der Waals surface area contributed by atoms with E-state index in [0.29, 0.717) is 32.2 Å². The summed E-state index contributed by atoms with van der Waals surface area (Å²) in [5, 5.41) is 14.0. The van der Waals surface area contributed by atoms with Gasteiger partial charge in [-0.2, -0.15) is 0 Å². The Bertz CT molecular complexity index is 948. The number of nitrogens with one attached hydrogen (secondary N) is 2. The van der Waals surface area contributed by atoms with Gasteiger partial charge >= 0.3 is 0 Å². The number of hydrogen-bond donors (Lipinski definition) is 3. The number of halogens is 3. The Balaban J connectivity index is 1.46. The third-order valence-corrected chi connectivity index (χ3v) is 5.19. The molecule has 166 valence electrons. The predicted molar refractivity (Wildman–Crippen MR) is 109 cm³/mol. The molecule has 1 heterocycles. The first-order valence-electron chi connectivity index (χ1n) is 9.75. The Morgan fingerprint density at radius 1 is 1.00 bits per heavy atom. The summed E-state index contributed by atoms with van der Waals surface area (Å²) in [6, 6.07) is 8.01. The zero-order valence-electron chi connectivity index (χ0n) is 16.9. The van der Waals surface area contributed by atoms with E-state index in [1.165, 1.54) is 0 Å². The van der Waals surface area contributed by atoms with Gasteiger partial charge in [-0.3, -0.25) is 14.5 Å². The number of amides is 2. The van der Waals surface area contributed by atoms with E-state index in [2.05, 4.69) is 15.5 Å². The lowest BCUT2D eigenvalue weighted by atomic mass is 10.2. The van der Waals surface area contributed by atoms with Crippen molar-refractivity contribution < 1.29 is 27.9 Å². The van der Waals surface area contributed by atoms with Crippen LogP contribution in [0.15, 0.2) is 36.4 Å². The van der Waals surface area contributed by atoms with Crippen LogP contribution in [-0.2, 0) is 9.59 Å². The van der Waals surface area contributed by atoms with Gasteiger partial charge in [-0.15, -0.1) is 0 Å². The van der Waals surface area contributed by atoms with E-state index in [9.17, 15) is 27.9 Å². The fourth-order valence-corrected chi connectivity index (χ4v) is 3.33. The van der Waals surface area contributed by atoms with Gasteiger partial charge in [-0.05, 0) is 43.3 Å². The molecule has 1 atom stereocenters. The molecule has 1 aliphatic heterocycles. The van der Waals surface area contributed by atoms with Gasteiger partial charge in [0.15, 0.2) is 17.5 Å². The molecular weight excluding hydrogens is 413 g/mol. The number of benzene rings is 2. The molecule has 3 N–H and O–H groups in total. The maximum atomic E-state index is 13.6. The van der Waals surface area contributed by atoms with Gasteiger partial charge in [-0.1, -0.05) is 0 Å². The minimum absolute atomic E-state index is 0.198. The van der Waals surface area contributed by atoms with Crippen LogP contribution in [0.5, 0.6) is 5.75 Å². The van der Waals surface area contributed by atoms with Crippen LogP contribution in [0.1, 0.15) is 6.92 Å². The number of phenols is 1. The lowest BCUT2D eigenvalue weighted by Crippen LogP contribution is -2.54. The quantitative estimate of drug-likeness (QED) is 0.604. The van der Waals surface area contributed by atoms with Crippen molar-refractivity contribution in [2.24, 2.45) is 0 Å². The Hall–Kier alpha value is -3.27. The number of aromatic hydroxyl groups is 1. The van der Waals surface area contributed by atoms with Crippen LogP contribution >= 0.6 is 0 Å². The second kappa shape index (κ2) is 9.69. The highest BCUT2D eigenvalue weighted by Gasteiger charge is 2.26. The van der Waals surface area contributed by atoms with Crippen molar-refractivity contribution in [1.82, 2.24) is 10.2 Å². The summed E-state index contributed by atoms with van der Waals surface area (Å²) in [4.78, 5) is 28.5. The van der Waals surface area contributed by atoms with Gasteiger partial charge in [-0.25, -0.2) is 13.2 Å². The number of anilines is 2. The first-order valence-corrected chi connectivity index (χ1v) is 9.75. The number of nitrogens with zero attached hydrogens (tertiary/aromatic N) is 2. The number of phenolic OH excluding ortho intramolecular Hbond substituents is 1. The van der Waals surface area contributed by atoms with E-state index in [0.717, 1.165) is 11.8 Å². The number of hydrogen-bond acceptors (Lipinski definition) is 5. The van der Waals surface area contributed by atoms with Crippen LogP contribution in [0, 0.1) is 17.5 Å². The van der Waals surface area contributed by atoms with E-state index in [4.69, 9.17) is 0 Å². The highest BCUT2D eigenvalue weighted by atomic mass is 19.2. The summed E-state index contributed by atoms with van der Waals surface area (Å²) in [6.45, 7) is 3.92. The molecule has 1 aliphatic rings. The van der Waals surface area contributed by atoms with E-state index >= 15 is 0 Å². The number of carbonyl (C=O) groups is 2. The maximum Gasteiger partial charge on any atom is 0.243 e. The fraction of sp³-hybridized carbons (Fsp3) is 0.333.